The monoisotopic (exact) mass is 341 g/mol. The fourth-order valence-corrected chi connectivity index (χ4v) is 2.29. The number of esters is 1. The van der Waals surface area contributed by atoms with Crippen LogP contribution < -0.4 is 5.32 Å². The quantitative estimate of drug-likeness (QED) is 0.614. The van der Waals surface area contributed by atoms with E-state index in [1.807, 2.05) is 31.2 Å². The standard InChI is InChI=1S/C20H23NO4/c1-14(2)25-20(23)13-18(16-8-6-15(3)7-9-16)21-19(22)11-10-17-5-4-12-24-17/h4-12,14,18H,13H2,1-3H3,(H,21,22)/b11-10+. The molecule has 5 nitrogen and oxygen atoms in total. The van der Waals surface area contributed by atoms with Gasteiger partial charge in [0.05, 0.1) is 24.8 Å². The van der Waals surface area contributed by atoms with Crippen LogP contribution in [-0.2, 0) is 14.3 Å². The summed E-state index contributed by atoms with van der Waals surface area (Å²) in [4.78, 5) is 24.2. The second-order valence-electron chi connectivity index (χ2n) is 6.06. The van der Waals surface area contributed by atoms with Crippen LogP contribution in [0.1, 0.15) is 43.2 Å². The van der Waals surface area contributed by atoms with Gasteiger partial charge in [-0.05, 0) is 44.5 Å². The van der Waals surface area contributed by atoms with Gasteiger partial charge in [-0.3, -0.25) is 9.59 Å². The second-order valence-corrected chi connectivity index (χ2v) is 6.06. The molecule has 2 rings (SSSR count). The van der Waals surface area contributed by atoms with Gasteiger partial charge in [-0.25, -0.2) is 0 Å². The number of hydrogen-bond donors (Lipinski definition) is 1. The van der Waals surface area contributed by atoms with E-state index < -0.39 is 6.04 Å². The van der Waals surface area contributed by atoms with Crippen LogP contribution in [0.25, 0.3) is 6.08 Å². The zero-order valence-electron chi connectivity index (χ0n) is 14.7. The van der Waals surface area contributed by atoms with Crippen molar-refractivity contribution in [3.8, 4) is 0 Å². The van der Waals surface area contributed by atoms with Crippen LogP contribution in [0.5, 0.6) is 0 Å². The van der Waals surface area contributed by atoms with Crippen molar-refractivity contribution in [2.75, 3.05) is 0 Å². The van der Waals surface area contributed by atoms with Gasteiger partial charge < -0.3 is 14.5 Å². The topological polar surface area (TPSA) is 68.5 Å². The maximum atomic E-state index is 12.2. The fraction of sp³-hybridized carbons (Fsp3) is 0.300. The largest absolute Gasteiger partial charge is 0.465 e. The van der Waals surface area contributed by atoms with Crippen LogP contribution in [0.2, 0.25) is 0 Å². The summed E-state index contributed by atoms with van der Waals surface area (Å²) in [6.45, 7) is 5.57. The molecule has 0 saturated carbocycles. The summed E-state index contributed by atoms with van der Waals surface area (Å²) in [7, 11) is 0. The first kappa shape index (κ1) is 18.5. The average Bonchev–Trinajstić information content (AvgIpc) is 3.06. The van der Waals surface area contributed by atoms with Crippen molar-refractivity contribution in [3.05, 3.63) is 65.6 Å². The molecule has 0 bridgehead atoms. The van der Waals surface area contributed by atoms with E-state index in [0.717, 1.165) is 11.1 Å². The molecule has 1 heterocycles. The number of benzene rings is 1. The number of aryl methyl sites for hydroxylation is 1. The van der Waals surface area contributed by atoms with Crippen molar-refractivity contribution in [2.24, 2.45) is 0 Å². The van der Waals surface area contributed by atoms with Crippen molar-refractivity contribution in [1.29, 1.82) is 0 Å². The SMILES string of the molecule is Cc1ccc(C(CC(=O)OC(C)C)NC(=O)/C=C/c2ccco2)cc1. The molecule has 1 aromatic heterocycles. The fourth-order valence-electron chi connectivity index (χ4n) is 2.29. The molecule has 0 radical (unpaired) electrons. The highest BCUT2D eigenvalue weighted by atomic mass is 16.5. The van der Waals surface area contributed by atoms with Crippen molar-refractivity contribution < 1.29 is 18.7 Å². The van der Waals surface area contributed by atoms with E-state index >= 15 is 0 Å². The van der Waals surface area contributed by atoms with Crippen molar-refractivity contribution >= 4 is 18.0 Å². The number of hydrogen-bond acceptors (Lipinski definition) is 4. The number of rotatable bonds is 7. The number of carbonyl (C=O) groups is 2. The summed E-state index contributed by atoms with van der Waals surface area (Å²) in [6, 6.07) is 10.7. The van der Waals surface area contributed by atoms with E-state index in [0.29, 0.717) is 5.76 Å². The third kappa shape index (κ3) is 6.30. The molecular formula is C20H23NO4. The van der Waals surface area contributed by atoms with Gasteiger partial charge in [0.2, 0.25) is 5.91 Å². The molecule has 1 aromatic carbocycles. The van der Waals surface area contributed by atoms with Crippen LogP contribution in [0, 0.1) is 6.92 Å². The molecule has 2 aromatic rings. The number of nitrogens with one attached hydrogen (secondary N) is 1. The van der Waals surface area contributed by atoms with Gasteiger partial charge in [-0.15, -0.1) is 0 Å². The molecule has 0 aliphatic heterocycles. The summed E-state index contributed by atoms with van der Waals surface area (Å²) in [5, 5.41) is 2.85. The molecule has 1 N–H and O–H groups in total. The Balaban J connectivity index is 2.08. The Kier molecular flexibility index (Phi) is 6.57. The lowest BCUT2D eigenvalue weighted by molar-refractivity contribution is -0.148. The summed E-state index contributed by atoms with van der Waals surface area (Å²) in [5.74, 6) is -0.0727. The zero-order chi connectivity index (χ0) is 18.2. The van der Waals surface area contributed by atoms with Crippen LogP contribution in [0.15, 0.2) is 53.2 Å². The first-order valence-corrected chi connectivity index (χ1v) is 8.22. The van der Waals surface area contributed by atoms with E-state index in [1.54, 1.807) is 32.1 Å². The van der Waals surface area contributed by atoms with Gasteiger partial charge in [-0.2, -0.15) is 0 Å². The summed E-state index contributed by atoms with van der Waals surface area (Å²) in [6.07, 6.45) is 4.37. The second kappa shape index (κ2) is 8.87. The Bertz CT molecular complexity index is 715. The molecule has 25 heavy (non-hydrogen) atoms. The maximum Gasteiger partial charge on any atom is 0.308 e. The Hall–Kier alpha value is -2.82. The van der Waals surface area contributed by atoms with Crippen LogP contribution in [0.4, 0.5) is 0 Å². The van der Waals surface area contributed by atoms with Gasteiger partial charge in [0.25, 0.3) is 0 Å². The molecule has 0 aliphatic rings. The average molecular weight is 341 g/mol. The predicted molar refractivity (Wildman–Crippen MR) is 95.6 cm³/mol. The Morgan fingerprint density at radius 3 is 2.52 bits per heavy atom. The lowest BCUT2D eigenvalue weighted by Crippen LogP contribution is -2.29. The highest BCUT2D eigenvalue weighted by Crippen LogP contribution is 2.19. The molecule has 1 atom stereocenters. The minimum atomic E-state index is -0.458. The molecule has 0 fully saturated rings. The third-order valence-corrected chi connectivity index (χ3v) is 3.48. The van der Waals surface area contributed by atoms with Crippen molar-refractivity contribution in [1.82, 2.24) is 5.32 Å². The van der Waals surface area contributed by atoms with Gasteiger partial charge in [0, 0.05) is 6.08 Å². The number of furan rings is 1. The zero-order valence-corrected chi connectivity index (χ0v) is 14.7. The first-order valence-electron chi connectivity index (χ1n) is 8.22. The highest BCUT2D eigenvalue weighted by molar-refractivity contribution is 5.92. The maximum absolute atomic E-state index is 12.2. The lowest BCUT2D eigenvalue weighted by Gasteiger charge is -2.19. The third-order valence-electron chi connectivity index (χ3n) is 3.48. The Morgan fingerprint density at radius 2 is 1.92 bits per heavy atom. The van der Waals surface area contributed by atoms with E-state index in [4.69, 9.17) is 9.15 Å². The number of carbonyl (C=O) groups excluding carboxylic acids is 2. The minimum absolute atomic E-state index is 0.0710. The van der Waals surface area contributed by atoms with Crippen LogP contribution >= 0.6 is 0 Å². The molecule has 0 aliphatic carbocycles. The van der Waals surface area contributed by atoms with E-state index in [1.165, 1.54) is 12.3 Å². The number of ether oxygens (including phenoxy) is 1. The molecule has 1 amide bonds. The number of amides is 1. The Labute approximate surface area is 147 Å². The molecule has 0 saturated heterocycles. The minimum Gasteiger partial charge on any atom is -0.465 e. The highest BCUT2D eigenvalue weighted by Gasteiger charge is 2.19. The van der Waals surface area contributed by atoms with Crippen LogP contribution in [-0.4, -0.2) is 18.0 Å². The van der Waals surface area contributed by atoms with Gasteiger partial charge in [0.15, 0.2) is 0 Å². The van der Waals surface area contributed by atoms with Gasteiger partial charge >= 0.3 is 5.97 Å². The summed E-state index contributed by atoms with van der Waals surface area (Å²) in [5.41, 5.74) is 1.96. The molecular weight excluding hydrogens is 318 g/mol. The molecule has 132 valence electrons. The normalized spacial score (nSPS) is 12.3. The Morgan fingerprint density at radius 1 is 1.20 bits per heavy atom. The molecule has 0 spiro atoms. The van der Waals surface area contributed by atoms with Crippen molar-refractivity contribution in [2.45, 2.75) is 39.3 Å². The van der Waals surface area contributed by atoms with E-state index in [2.05, 4.69) is 5.32 Å². The van der Waals surface area contributed by atoms with Gasteiger partial charge in [-0.1, -0.05) is 29.8 Å². The van der Waals surface area contributed by atoms with E-state index in [9.17, 15) is 9.59 Å². The lowest BCUT2D eigenvalue weighted by atomic mass is 10.0. The van der Waals surface area contributed by atoms with Crippen molar-refractivity contribution in [3.63, 3.8) is 0 Å². The summed E-state index contributed by atoms with van der Waals surface area (Å²) < 4.78 is 10.4. The molecule has 5 heteroatoms. The van der Waals surface area contributed by atoms with E-state index in [-0.39, 0.29) is 24.4 Å². The smallest absolute Gasteiger partial charge is 0.308 e. The van der Waals surface area contributed by atoms with Gasteiger partial charge in [0.1, 0.15) is 5.76 Å². The first-order chi connectivity index (χ1) is 11.9. The predicted octanol–water partition coefficient (Wildman–Crippen LogP) is 3.80. The van der Waals surface area contributed by atoms with Crippen LogP contribution in [0.3, 0.4) is 0 Å². The molecule has 1 unspecified atom stereocenters. The summed E-state index contributed by atoms with van der Waals surface area (Å²) >= 11 is 0.